The van der Waals surface area contributed by atoms with Gasteiger partial charge in [0.15, 0.2) is 17.1 Å². The van der Waals surface area contributed by atoms with Crippen LogP contribution in [-0.2, 0) is 0 Å². The zero-order valence-corrected chi connectivity index (χ0v) is 16.7. The molecule has 0 aliphatic heterocycles. The van der Waals surface area contributed by atoms with Gasteiger partial charge in [-0.15, -0.1) is 0 Å². The van der Waals surface area contributed by atoms with Gasteiger partial charge in [-0.1, -0.05) is 12.1 Å². The number of rotatable bonds is 6. The van der Waals surface area contributed by atoms with Crippen LogP contribution < -0.4 is 18.9 Å². The zero-order valence-electron chi connectivity index (χ0n) is 16.7. The van der Waals surface area contributed by atoms with Gasteiger partial charge in [0.2, 0.25) is 11.6 Å². The summed E-state index contributed by atoms with van der Waals surface area (Å²) >= 11 is 0. The molecular weight excluding hydrogens is 370 g/mol. The van der Waals surface area contributed by atoms with Crippen LogP contribution in [0.3, 0.4) is 0 Å². The molecule has 0 radical (unpaired) electrons. The van der Waals surface area contributed by atoms with Crippen LogP contribution in [0.15, 0.2) is 59.0 Å². The second kappa shape index (κ2) is 7.75. The van der Waals surface area contributed by atoms with Gasteiger partial charge in [0, 0.05) is 11.1 Å². The standard InChI is InChI=1S/C23H21NO5/c1-25-16-10-8-14(9-11-16)23-24-18-7-5-6-17(21(18)29-23)15-12-19(26-2)22(28-4)20(13-15)27-3/h5-13H,1-4H3. The summed E-state index contributed by atoms with van der Waals surface area (Å²) in [6.45, 7) is 0. The number of hydrogen-bond donors (Lipinski definition) is 0. The topological polar surface area (TPSA) is 63.0 Å². The van der Waals surface area contributed by atoms with Crippen molar-refractivity contribution in [3.8, 4) is 45.6 Å². The van der Waals surface area contributed by atoms with Crippen molar-refractivity contribution in [2.45, 2.75) is 0 Å². The van der Waals surface area contributed by atoms with E-state index in [1.165, 1.54) is 0 Å². The minimum absolute atomic E-state index is 0.544. The van der Waals surface area contributed by atoms with Crippen LogP contribution in [0.1, 0.15) is 0 Å². The fourth-order valence-electron chi connectivity index (χ4n) is 3.27. The molecule has 0 unspecified atom stereocenters. The van der Waals surface area contributed by atoms with Crippen LogP contribution in [-0.4, -0.2) is 33.4 Å². The molecule has 0 atom stereocenters. The zero-order chi connectivity index (χ0) is 20.4. The van der Waals surface area contributed by atoms with Crippen molar-refractivity contribution in [2.24, 2.45) is 0 Å². The third-order valence-corrected chi connectivity index (χ3v) is 4.73. The Morgan fingerprint density at radius 2 is 1.41 bits per heavy atom. The number of oxazole rings is 1. The first-order chi connectivity index (χ1) is 14.2. The van der Waals surface area contributed by atoms with E-state index in [4.69, 9.17) is 23.4 Å². The van der Waals surface area contributed by atoms with Crippen LogP contribution in [0.25, 0.3) is 33.7 Å². The lowest BCUT2D eigenvalue weighted by Crippen LogP contribution is -1.95. The van der Waals surface area contributed by atoms with E-state index in [1.807, 2.05) is 54.6 Å². The van der Waals surface area contributed by atoms with E-state index in [2.05, 4.69) is 4.98 Å². The molecule has 1 aromatic heterocycles. The van der Waals surface area contributed by atoms with Gasteiger partial charge in [-0.2, -0.15) is 0 Å². The number of benzene rings is 3. The van der Waals surface area contributed by atoms with Crippen molar-refractivity contribution < 1.29 is 23.4 Å². The predicted molar refractivity (Wildman–Crippen MR) is 111 cm³/mol. The van der Waals surface area contributed by atoms with Crippen LogP contribution in [0.2, 0.25) is 0 Å². The molecule has 4 rings (SSSR count). The monoisotopic (exact) mass is 391 g/mol. The van der Waals surface area contributed by atoms with Crippen LogP contribution in [0.4, 0.5) is 0 Å². The fraction of sp³-hybridized carbons (Fsp3) is 0.174. The van der Waals surface area contributed by atoms with Crippen molar-refractivity contribution in [2.75, 3.05) is 28.4 Å². The van der Waals surface area contributed by atoms with Gasteiger partial charge in [0.1, 0.15) is 11.3 Å². The van der Waals surface area contributed by atoms with Crippen molar-refractivity contribution in [1.29, 1.82) is 0 Å². The largest absolute Gasteiger partial charge is 0.497 e. The van der Waals surface area contributed by atoms with Crippen LogP contribution in [0, 0.1) is 0 Å². The minimum atomic E-state index is 0.544. The maximum absolute atomic E-state index is 6.15. The van der Waals surface area contributed by atoms with Gasteiger partial charge in [-0.05, 0) is 48.0 Å². The average Bonchev–Trinajstić information content (AvgIpc) is 3.22. The number of fused-ring (bicyclic) bond motifs is 1. The van der Waals surface area contributed by atoms with E-state index in [9.17, 15) is 0 Å². The van der Waals surface area contributed by atoms with Crippen molar-refractivity contribution >= 4 is 11.1 Å². The van der Waals surface area contributed by atoms with Crippen molar-refractivity contribution in [1.82, 2.24) is 4.98 Å². The molecule has 0 aliphatic carbocycles. The molecule has 0 saturated heterocycles. The second-order valence-corrected chi connectivity index (χ2v) is 6.32. The first kappa shape index (κ1) is 18.7. The third-order valence-electron chi connectivity index (χ3n) is 4.73. The number of nitrogens with zero attached hydrogens (tertiary/aromatic N) is 1. The van der Waals surface area contributed by atoms with Gasteiger partial charge < -0.3 is 23.4 Å². The molecule has 0 N–H and O–H groups in total. The quantitative estimate of drug-likeness (QED) is 0.450. The highest BCUT2D eigenvalue weighted by Gasteiger charge is 2.18. The summed E-state index contributed by atoms with van der Waals surface area (Å²) in [4.78, 5) is 4.65. The molecule has 0 saturated carbocycles. The van der Waals surface area contributed by atoms with Crippen LogP contribution >= 0.6 is 0 Å². The summed E-state index contributed by atoms with van der Waals surface area (Å²) in [7, 11) is 6.41. The molecule has 148 valence electrons. The Balaban J connectivity index is 1.85. The smallest absolute Gasteiger partial charge is 0.227 e. The molecule has 0 aliphatic rings. The maximum Gasteiger partial charge on any atom is 0.227 e. The molecule has 0 spiro atoms. The van der Waals surface area contributed by atoms with Crippen molar-refractivity contribution in [3.63, 3.8) is 0 Å². The van der Waals surface area contributed by atoms with E-state index >= 15 is 0 Å². The average molecular weight is 391 g/mol. The lowest BCUT2D eigenvalue weighted by Gasteiger charge is -2.14. The van der Waals surface area contributed by atoms with E-state index in [0.717, 1.165) is 28.0 Å². The molecule has 0 fully saturated rings. The Bertz CT molecular complexity index is 1120. The molecule has 29 heavy (non-hydrogen) atoms. The molecule has 6 heteroatoms. The first-order valence-electron chi connectivity index (χ1n) is 9.03. The number of ether oxygens (including phenoxy) is 4. The highest BCUT2D eigenvalue weighted by atomic mass is 16.5. The molecule has 3 aromatic carbocycles. The fourth-order valence-corrected chi connectivity index (χ4v) is 3.27. The Morgan fingerprint density at radius 1 is 0.724 bits per heavy atom. The summed E-state index contributed by atoms with van der Waals surface area (Å²) in [6.07, 6.45) is 0. The van der Waals surface area contributed by atoms with Gasteiger partial charge >= 0.3 is 0 Å². The van der Waals surface area contributed by atoms with Gasteiger partial charge in [0.05, 0.1) is 28.4 Å². The highest BCUT2D eigenvalue weighted by Crippen LogP contribution is 2.43. The summed E-state index contributed by atoms with van der Waals surface area (Å²) in [5, 5.41) is 0. The summed E-state index contributed by atoms with van der Waals surface area (Å²) in [6, 6.07) is 17.2. The Morgan fingerprint density at radius 3 is 2.00 bits per heavy atom. The number of aromatic nitrogens is 1. The Labute approximate surface area is 168 Å². The van der Waals surface area contributed by atoms with E-state index in [-0.39, 0.29) is 0 Å². The van der Waals surface area contributed by atoms with Crippen LogP contribution in [0.5, 0.6) is 23.0 Å². The third kappa shape index (κ3) is 3.33. The second-order valence-electron chi connectivity index (χ2n) is 6.32. The van der Waals surface area contributed by atoms with Gasteiger partial charge in [0.25, 0.3) is 0 Å². The molecule has 1 heterocycles. The highest BCUT2D eigenvalue weighted by molar-refractivity contribution is 5.92. The van der Waals surface area contributed by atoms with Gasteiger partial charge in [-0.3, -0.25) is 0 Å². The SMILES string of the molecule is COc1ccc(-c2nc3cccc(-c4cc(OC)c(OC)c(OC)c4)c3o2)cc1. The minimum Gasteiger partial charge on any atom is -0.497 e. The molecule has 6 nitrogen and oxygen atoms in total. The maximum atomic E-state index is 6.15. The Hall–Kier alpha value is -3.67. The van der Waals surface area contributed by atoms with E-state index < -0.39 is 0 Å². The normalized spacial score (nSPS) is 10.8. The number of para-hydroxylation sites is 1. The van der Waals surface area contributed by atoms with E-state index in [1.54, 1.807) is 28.4 Å². The summed E-state index contributed by atoms with van der Waals surface area (Å²) < 4.78 is 27.8. The molecular formula is C23H21NO5. The predicted octanol–water partition coefficient (Wildman–Crippen LogP) is 5.20. The molecule has 4 aromatic rings. The van der Waals surface area contributed by atoms with Gasteiger partial charge in [-0.25, -0.2) is 4.98 Å². The lowest BCUT2D eigenvalue weighted by atomic mass is 10.0. The lowest BCUT2D eigenvalue weighted by molar-refractivity contribution is 0.324. The first-order valence-corrected chi connectivity index (χ1v) is 9.03. The molecule has 0 amide bonds. The Kier molecular flexibility index (Phi) is 4.99. The number of methoxy groups -OCH3 is 4. The summed E-state index contributed by atoms with van der Waals surface area (Å²) in [5.74, 6) is 3.02. The summed E-state index contributed by atoms with van der Waals surface area (Å²) in [5.41, 5.74) is 4.09. The number of hydrogen-bond acceptors (Lipinski definition) is 6. The van der Waals surface area contributed by atoms with Crippen molar-refractivity contribution in [3.05, 3.63) is 54.6 Å². The van der Waals surface area contributed by atoms with E-state index in [0.29, 0.717) is 28.7 Å². The molecule has 0 bridgehead atoms.